The Balaban J connectivity index is 1.82. The minimum absolute atomic E-state index is 0.191. The zero-order chi connectivity index (χ0) is 21.0. The fourth-order valence-corrected chi connectivity index (χ4v) is 3.12. The molecule has 0 saturated heterocycles. The Hall–Kier alpha value is -3.34. The molecule has 0 aliphatic rings. The number of hydrogen-bond acceptors (Lipinski definition) is 3. The lowest BCUT2D eigenvalue weighted by Crippen LogP contribution is -2.26. The highest BCUT2D eigenvalue weighted by atomic mass is 19.1. The third-order valence-electron chi connectivity index (χ3n) is 4.86. The van der Waals surface area contributed by atoms with Crippen molar-refractivity contribution in [2.75, 3.05) is 21.3 Å². The van der Waals surface area contributed by atoms with Gasteiger partial charge >= 0.3 is 0 Å². The standard InChI is InChI=1S/C24H24FNO3/c1-16-5-6-17(13-22(16)25)15-26(2)24(27)21-12-9-19(14-23(21)29-4)18-7-10-20(28-3)11-8-18/h5-14H,15H2,1-4H3. The molecule has 0 unspecified atom stereocenters. The largest absolute Gasteiger partial charge is 0.497 e. The van der Waals surface area contributed by atoms with Crippen molar-refractivity contribution in [1.29, 1.82) is 0 Å². The van der Waals surface area contributed by atoms with Crippen LogP contribution in [-0.4, -0.2) is 32.1 Å². The molecule has 0 fully saturated rings. The molecule has 3 rings (SSSR count). The van der Waals surface area contributed by atoms with E-state index < -0.39 is 0 Å². The molecule has 0 aliphatic heterocycles. The van der Waals surface area contributed by atoms with Gasteiger partial charge in [-0.15, -0.1) is 0 Å². The average Bonchev–Trinajstić information content (AvgIpc) is 2.75. The van der Waals surface area contributed by atoms with Crippen LogP contribution in [-0.2, 0) is 6.54 Å². The SMILES string of the molecule is COc1ccc(-c2ccc(C(=O)N(C)Cc3ccc(C)c(F)c3)c(OC)c2)cc1. The number of aryl methyl sites for hydroxylation is 1. The Morgan fingerprint density at radius 1 is 0.931 bits per heavy atom. The van der Waals surface area contributed by atoms with Gasteiger partial charge in [0.25, 0.3) is 5.91 Å². The molecular formula is C24H24FNO3. The predicted octanol–water partition coefficient (Wildman–Crippen LogP) is 5.09. The van der Waals surface area contributed by atoms with Crippen LogP contribution in [0.1, 0.15) is 21.5 Å². The molecule has 1 amide bonds. The summed E-state index contributed by atoms with van der Waals surface area (Å²) in [6, 6.07) is 18.2. The van der Waals surface area contributed by atoms with Gasteiger partial charge in [0.05, 0.1) is 19.8 Å². The maximum absolute atomic E-state index is 13.8. The van der Waals surface area contributed by atoms with Crippen LogP contribution in [0.5, 0.6) is 11.5 Å². The molecule has 0 aromatic heterocycles. The van der Waals surface area contributed by atoms with Crippen molar-refractivity contribution in [3.05, 3.63) is 83.2 Å². The lowest BCUT2D eigenvalue weighted by molar-refractivity contribution is 0.0781. The fourth-order valence-electron chi connectivity index (χ4n) is 3.12. The van der Waals surface area contributed by atoms with Crippen molar-refractivity contribution in [2.45, 2.75) is 13.5 Å². The molecule has 0 N–H and O–H groups in total. The topological polar surface area (TPSA) is 38.8 Å². The second kappa shape index (κ2) is 8.78. The molecular weight excluding hydrogens is 369 g/mol. The van der Waals surface area contributed by atoms with Crippen LogP contribution in [0.25, 0.3) is 11.1 Å². The summed E-state index contributed by atoms with van der Waals surface area (Å²) < 4.78 is 24.5. The number of methoxy groups -OCH3 is 2. The summed E-state index contributed by atoms with van der Waals surface area (Å²) >= 11 is 0. The van der Waals surface area contributed by atoms with E-state index in [1.165, 1.54) is 6.07 Å². The monoisotopic (exact) mass is 393 g/mol. The van der Waals surface area contributed by atoms with Gasteiger partial charge < -0.3 is 14.4 Å². The Morgan fingerprint density at radius 3 is 2.24 bits per heavy atom. The van der Waals surface area contributed by atoms with Crippen LogP contribution in [0, 0.1) is 12.7 Å². The Morgan fingerprint density at radius 2 is 1.62 bits per heavy atom. The van der Waals surface area contributed by atoms with E-state index in [-0.39, 0.29) is 11.7 Å². The highest BCUT2D eigenvalue weighted by Crippen LogP contribution is 2.29. The second-order valence-electron chi connectivity index (χ2n) is 6.89. The molecule has 4 nitrogen and oxygen atoms in total. The van der Waals surface area contributed by atoms with Crippen LogP contribution in [0.2, 0.25) is 0 Å². The number of rotatable bonds is 6. The van der Waals surface area contributed by atoms with Crippen LogP contribution in [0.15, 0.2) is 60.7 Å². The normalized spacial score (nSPS) is 10.5. The molecule has 0 saturated carbocycles. The predicted molar refractivity (Wildman–Crippen MR) is 112 cm³/mol. The molecule has 0 radical (unpaired) electrons. The van der Waals surface area contributed by atoms with Gasteiger partial charge in [0.2, 0.25) is 0 Å². The molecule has 0 atom stereocenters. The Labute approximate surface area is 170 Å². The molecule has 3 aromatic carbocycles. The number of carbonyl (C=O) groups excluding carboxylic acids is 1. The third-order valence-corrected chi connectivity index (χ3v) is 4.86. The fraction of sp³-hybridized carbons (Fsp3) is 0.208. The van der Waals surface area contributed by atoms with Gasteiger partial charge in [0.15, 0.2) is 0 Å². The zero-order valence-corrected chi connectivity index (χ0v) is 17.0. The van der Waals surface area contributed by atoms with E-state index in [0.29, 0.717) is 23.4 Å². The summed E-state index contributed by atoms with van der Waals surface area (Å²) in [6.07, 6.45) is 0. The van der Waals surface area contributed by atoms with Gasteiger partial charge in [-0.25, -0.2) is 4.39 Å². The van der Waals surface area contributed by atoms with Gasteiger partial charge in [-0.2, -0.15) is 0 Å². The summed E-state index contributed by atoms with van der Waals surface area (Å²) in [5.41, 5.74) is 3.70. The summed E-state index contributed by atoms with van der Waals surface area (Å²) in [6.45, 7) is 2.02. The Bertz CT molecular complexity index is 1020. The van der Waals surface area contributed by atoms with E-state index in [9.17, 15) is 9.18 Å². The van der Waals surface area contributed by atoms with E-state index in [0.717, 1.165) is 22.4 Å². The molecule has 5 heteroatoms. The summed E-state index contributed by atoms with van der Waals surface area (Å²) in [5, 5.41) is 0. The first kappa shape index (κ1) is 20.4. The summed E-state index contributed by atoms with van der Waals surface area (Å²) in [4.78, 5) is 14.5. The quantitative estimate of drug-likeness (QED) is 0.585. The van der Waals surface area contributed by atoms with Crippen molar-refractivity contribution in [1.82, 2.24) is 4.90 Å². The number of ether oxygens (including phenoxy) is 2. The molecule has 0 spiro atoms. The minimum atomic E-state index is -0.273. The van der Waals surface area contributed by atoms with Crippen molar-refractivity contribution >= 4 is 5.91 Å². The highest BCUT2D eigenvalue weighted by molar-refractivity contribution is 5.97. The maximum Gasteiger partial charge on any atom is 0.257 e. The minimum Gasteiger partial charge on any atom is -0.497 e. The number of halogens is 1. The Kier molecular flexibility index (Phi) is 6.17. The first-order chi connectivity index (χ1) is 13.9. The third kappa shape index (κ3) is 4.57. The maximum atomic E-state index is 13.8. The smallest absolute Gasteiger partial charge is 0.257 e. The van der Waals surface area contributed by atoms with Gasteiger partial charge in [-0.05, 0) is 59.5 Å². The van der Waals surface area contributed by atoms with Gasteiger partial charge in [0, 0.05) is 13.6 Å². The van der Waals surface area contributed by atoms with E-state index >= 15 is 0 Å². The van der Waals surface area contributed by atoms with Gasteiger partial charge in [-0.1, -0.05) is 30.3 Å². The number of carbonyl (C=O) groups is 1. The lowest BCUT2D eigenvalue weighted by atomic mass is 10.0. The van der Waals surface area contributed by atoms with Crippen molar-refractivity contribution < 1.29 is 18.7 Å². The van der Waals surface area contributed by atoms with Crippen LogP contribution >= 0.6 is 0 Å². The molecule has 29 heavy (non-hydrogen) atoms. The summed E-state index contributed by atoms with van der Waals surface area (Å²) in [7, 11) is 4.86. The van der Waals surface area contributed by atoms with Crippen LogP contribution < -0.4 is 9.47 Å². The second-order valence-corrected chi connectivity index (χ2v) is 6.89. The number of amides is 1. The molecule has 0 heterocycles. The van der Waals surface area contributed by atoms with Crippen LogP contribution in [0.4, 0.5) is 4.39 Å². The molecule has 150 valence electrons. The van der Waals surface area contributed by atoms with E-state index in [1.54, 1.807) is 45.2 Å². The first-order valence-corrected chi connectivity index (χ1v) is 9.26. The van der Waals surface area contributed by atoms with E-state index in [1.807, 2.05) is 42.5 Å². The highest BCUT2D eigenvalue weighted by Gasteiger charge is 2.18. The van der Waals surface area contributed by atoms with E-state index in [4.69, 9.17) is 9.47 Å². The van der Waals surface area contributed by atoms with Crippen molar-refractivity contribution in [3.63, 3.8) is 0 Å². The zero-order valence-electron chi connectivity index (χ0n) is 17.0. The van der Waals surface area contributed by atoms with E-state index in [2.05, 4.69) is 0 Å². The molecule has 3 aromatic rings. The number of benzene rings is 3. The van der Waals surface area contributed by atoms with Gasteiger partial charge in [-0.3, -0.25) is 4.79 Å². The van der Waals surface area contributed by atoms with Crippen molar-refractivity contribution in [3.8, 4) is 22.6 Å². The molecule has 0 bridgehead atoms. The average molecular weight is 393 g/mol. The lowest BCUT2D eigenvalue weighted by Gasteiger charge is -2.19. The molecule has 0 aliphatic carbocycles. The first-order valence-electron chi connectivity index (χ1n) is 9.26. The number of nitrogens with zero attached hydrogens (tertiary/aromatic N) is 1. The van der Waals surface area contributed by atoms with Crippen molar-refractivity contribution in [2.24, 2.45) is 0 Å². The number of hydrogen-bond donors (Lipinski definition) is 0. The summed E-state index contributed by atoms with van der Waals surface area (Å²) in [5.74, 6) is 0.806. The van der Waals surface area contributed by atoms with Crippen LogP contribution in [0.3, 0.4) is 0 Å². The van der Waals surface area contributed by atoms with Gasteiger partial charge in [0.1, 0.15) is 17.3 Å².